The molecule has 0 heterocycles. The minimum absolute atomic E-state index is 0.0853. The summed E-state index contributed by atoms with van der Waals surface area (Å²) in [6.07, 6.45) is 26.5. The highest BCUT2D eigenvalue weighted by atomic mass is 31.2. The summed E-state index contributed by atoms with van der Waals surface area (Å²) < 4.78 is 34.6. The molecular weight excluding hydrogens is 537 g/mol. The highest BCUT2D eigenvalue weighted by Crippen LogP contribution is 2.38. The fraction of sp³-hybridized carbons (Fsp3) is 0.939. The van der Waals surface area contributed by atoms with E-state index in [4.69, 9.17) is 18.5 Å². The normalized spacial score (nSPS) is 15.0. The van der Waals surface area contributed by atoms with Gasteiger partial charge in [-0.3, -0.25) is 4.57 Å². The third kappa shape index (κ3) is 32.5. The Morgan fingerprint density at radius 1 is 0.707 bits per heavy atom. The van der Waals surface area contributed by atoms with E-state index in [0.29, 0.717) is 24.2 Å². The summed E-state index contributed by atoms with van der Waals surface area (Å²) in [6, 6.07) is 0. The summed E-state index contributed by atoms with van der Waals surface area (Å²) in [5, 5.41) is 0. The lowest BCUT2D eigenvalue weighted by Gasteiger charge is -2.31. The van der Waals surface area contributed by atoms with E-state index in [1.807, 2.05) is 41.9 Å². The van der Waals surface area contributed by atoms with Crippen molar-refractivity contribution in [2.45, 2.75) is 149 Å². The Morgan fingerprint density at radius 2 is 1.20 bits per heavy atom. The number of quaternary nitrogens is 1. The molecule has 7 nitrogen and oxygen atoms in total. The zero-order chi connectivity index (χ0) is 30.9. The van der Waals surface area contributed by atoms with Gasteiger partial charge in [0.1, 0.15) is 19.3 Å². The van der Waals surface area contributed by atoms with Gasteiger partial charge in [0.05, 0.1) is 40.0 Å². The van der Waals surface area contributed by atoms with Gasteiger partial charge in [0.2, 0.25) is 0 Å². The van der Waals surface area contributed by atoms with Gasteiger partial charge in [0.15, 0.2) is 0 Å². The second-order valence-corrected chi connectivity index (χ2v) is 14.9. The molecule has 0 spiro atoms. The Labute approximate surface area is 254 Å². The molecule has 41 heavy (non-hydrogen) atoms. The molecule has 0 rings (SSSR count). The molecule has 0 aromatic carbocycles. The van der Waals surface area contributed by atoms with Gasteiger partial charge in [-0.2, -0.15) is 0 Å². The van der Waals surface area contributed by atoms with E-state index in [9.17, 15) is 9.46 Å². The van der Waals surface area contributed by atoms with E-state index in [1.165, 1.54) is 96.3 Å². The van der Waals surface area contributed by atoms with E-state index in [-0.39, 0.29) is 13.2 Å². The molecular formula is C33H68NO6P. The first kappa shape index (κ1) is 40.7. The van der Waals surface area contributed by atoms with Gasteiger partial charge in [0, 0.05) is 6.61 Å². The van der Waals surface area contributed by atoms with Crippen LogP contribution in [-0.4, -0.2) is 70.3 Å². The average molecular weight is 606 g/mol. The van der Waals surface area contributed by atoms with Crippen molar-refractivity contribution < 1.29 is 32.5 Å². The predicted molar refractivity (Wildman–Crippen MR) is 171 cm³/mol. The number of nitrogens with zero attached hydrogens (tertiary/aromatic N) is 1. The number of likely N-dealkylation sites (N-methyl/N-ethyl adjacent to an activating group) is 1. The van der Waals surface area contributed by atoms with Gasteiger partial charge in [-0.15, -0.1) is 0 Å². The topological polar surface area (TPSA) is 77.1 Å². The molecule has 0 aromatic rings. The van der Waals surface area contributed by atoms with Crippen LogP contribution in [0.3, 0.4) is 0 Å². The Kier molecular flexibility index (Phi) is 24.9. The van der Waals surface area contributed by atoms with Crippen molar-refractivity contribution in [3.8, 4) is 0 Å². The molecule has 0 aliphatic carbocycles. The standard InChI is InChI=1S/C33H68NO6P/c1-8-9-10-11-12-13-14-15-16-17-18-19-20-21-22-23-24-25-26-28-37-30-32(40-33(2,3)4)31-39-41(35,36)38-29-27-34(5,6)7/h17-18,32H,8-16,19-31H2,1-7H3/b18-17-/t32-/m1/s1. The molecule has 2 atom stereocenters. The zero-order valence-electron chi connectivity index (χ0n) is 28.1. The third-order valence-corrected chi connectivity index (χ3v) is 7.77. The van der Waals surface area contributed by atoms with Gasteiger partial charge in [-0.05, 0) is 52.9 Å². The maximum atomic E-state index is 12.1. The monoisotopic (exact) mass is 605 g/mol. The van der Waals surface area contributed by atoms with Gasteiger partial charge in [-0.1, -0.05) is 96.1 Å². The maximum absolute atomic E-state index is 12.1. The number of phosphoric ester groups is 1. The summed E-state index contributed by atoms with van der Waals surface area (Å²) in [6.45, 7) is 9.55. The highest BCUT2D eigenvalue weighted by Gasteiger charge is 2.22. The van der Waals surface area contributed by atoms with Crippen molar-refractivity contribution in [3.05, 3.63) is 12.2 Å². The van der Waals surface area contributed by atoms with E-state index in [1.54, 1.807) is 0 Å². The lowest BCUT2D eigenvalue weighted by molar-refractivity contribution is -0.870. The van der Waals surface area contributed by atoms with Crippen molar-refractivity contribution >= 4 is 7.82 Å². The molecule has 0 aromatic heterocycles. The number of allylic oxidation sites excluding steroid dienone is 2. The lowest BCUT2D eigenvalue weighted by atomic mass is 10.1. The molecule has 0 bridgehead atoms. The average Bonchev–Trinajstić information content (AvgIpc) is 2.86. The van der Waals surface area contributed by atoms with E-state index in [2.05, 4.69) is 19.1 Å². The predicted octanol–water partition coefficient (Wildman–Crippen LogP) is 8.60. The van der Waals surface area contributed by atoms with Crippen molar-refractivity contribution in [2.24, 2.45) is 0 Å². The van der Waals surface area contributed by atoms with E-state index >= 15 is 0 Å². The fourth-order valence-electron chi connectivity index (χ4n) is 4.45. The van der Waals surface area contributed by atoms with Crippen LogP contribution in [0.1, 0.15) is 137 Å². The number of unbranched alkanes of at least 4 members (excludes halogenated alkanes) is 15. The van der Waals surface area contributed by atoms with Crippen LogP contribution < -0.4 is 4.89 Å². The first-order chi connectivity index (χ1) is 19.3. The fourth-order valence-corrected chi connectivity index (χ4v) is 5.18. The molecule has 8 heteroatoms. The Bertz CT molecular complexity index is 659. The molecule has 0 fully saturated rings. The number of ether oxygens (including phenoxy) is 2. The van der Waals surface area contributed by atoms with Crippen LogP contribution in [-0.2, 0) is 23.1 Å². The number of rotatable bonds is 29. The van der Waals surface area contributed by atoms with Gasteiger partial charge < -0.3 is 27.9 Å². The summed E-state index contributed by atoms with van der Waals surface area (Å²) >= 11 is 0. The van der Waals surface area contributed by atoms with Crippen LogP contribution in [0.4, 0.5) is 0 Å². The molecule has 0 amide bonds. The number of hydrogen-bond acceptors (Lipinski definition) is 6. The van der Waals surface area contributed by atoms with Crippen LogP contribution in [0.15, 0.2) is 12.2 Å². The summed E-state index contributed by atoms with van der Waals surface area (Å²) in [5.74, 6) is 0. The lowest BCUT2D eigenvalue weighted by Crippen LogP contribution is -2.38. The Balaban J connectivity index is 3.78. The molecule has 246 valence electrons. The van der Waals surface area contributed by atoms with Gasteiger partial charge in [0.25, 0.3) is 7.82 Å². The van der Waals surface area contributed by atoms with Crippen LogP contribution in [0, 0.1) is 0 Å². The molecule has 0 aliphatic rings. The molecule has 0 saturated carbocycles. The van der Waals surface area contributed by atoms with Crippen molar-refractivity contribution in [3.63, 3.8) is 0 Å². The summed E-state index contributed by atoms with van der Waals surface area (Å²) in [4.78, 5) is 12.1. The van der Waals surface area contributed by atoms with Crippen LogP contribution >= 0.6 is 7.82 Å². The van der Waals surface area contributed by atoms with Crippen LogP contribution in [0.25, 0.3) is 0 Å². The van der Waals surface area contributed by atoms with Gasteiger partial charge in [-0.25, -0.2) is 0 Å². The smallest absolute Gasteiger partial charge is 0.268 e. The first-order valence-corrected chi connectivity index (χ1v) is 18.1. The van der Waals surface area contributed by atoms with Crippen molar-refractivity contribution in [1.82, 2.24) is 0 Å². The second kappa shape index (κ2) is 25.1. The molecule has 0 radical (unpaired) electrons. The summed E-state index contributed by atoms with van der Waals surface area (Å²) in [5.41, 5.74) is -0.433. The Morgan fingerprint density at radius 3 is 1.68 bits per heavy atom. The minimum atomic E-state index is -4.38. The number of phosphoric acid groups is 1. The zero-order valence-corrected chi connectivity index (χ0v) is 29.0. The van der Waals surface area contributed by atoms with Crippen LogP contribution in [0.2, 0.25) is 0 Å². The van der Waals surface area contributed by atoms with E-state index in [0.717, 1.165) is 12.8 Å². The largest absolute Gasteiger partial charge is 0.756 e. The third-order valence-electron chi connectivity index (χ3n) is 6.80. The second-order valence-electron chi connectivity index (χ2n) is 13.5. The van der Waals surface area contributed by atoms with Crippen molar-refractivity contribution in [1.29, 1.82) is 0 Å². The molecule has 0 aliphatic heterocycles. The highest BCUT2D eigenvalue weighted by molar-refractivity contribution is 7.45. The SMILES string of the molecule is CCCCCCCCCC/C=C\CCCCCCCCCOC[C@H](COP(=O)([O-])OCC[N+](C)(C)C)OC(C)(C)C. The minimum Gasteiger partial charge on any atom is -0.756 e. The quantitative estimate of drug-likeness (QED) is 0.0368. The maximum Gasteiger partial charge on any atom is 0.268 e. The number of hydrogen-bond donors (Lipinski definition) is 0. The summed E-state index contributed by atoms with van der Waals surface area (Å²) in [7, 11) is 1.55. The van der Waals surface area contributed by atoms with Crippen LogP contribution in [0.5, 0.6) is 0 Å². The molecule has 0 saturated heterocycles. The van der Waals surface area contributed by atoms with E-state index < -0.39 is 19.5 Å². The molecule has 0 N–H and O–H groups in total. The first-order valence-electron chi connectivity index (χ1n) is 16.7. The molecule has 1 unspecified atom stereocenters. The van der Waals surface area contributed by atoms with Gasteiger partial charge >= 0.3 is 0 Å². The van der Waals surface area contributed by atoms with Crippen molar-refractivity contribution in [2.75, 3.05) is 54.1 Å². The Hall–Kier alpha value is -0.270.